The molecule has 0 bridgehead atoms. The van der Waals surface area contributed by atoms with Gasteiger partial charge in [0.1, 0.15) is 0 Å². The van der Waals surface area contributed by atoms with Gasteiger partial charge in [-0.3, -0.25) is 9.59 Å². The van der Waals surface area contributed by atoms with Crippen molar-refractivity contribution >= 4 is 11.8 Å². The lowest BCUT2D eigenvalue weighted by molar-refractivity contribution is -0.125. The van der Waals surface area contributed by atoms with Gasteiger partial charge in [-0.2, -0.15) is 0 Å². The number of nitrogens with one attached hydrogen (secondary N) is 3. The molecule has 0 aromatic heterocycles. The highest BCUT2D eigenvalue weighted by molar-refractivity contribution is 5.85. The molecule has 0 radical (unpaired) electrons. The number of likely N-dealkylation sites (N-methyl/N-ethyl adjacent to an activating group) is 1. The van der Waals surface area contributed by atoms with Crippen LogP contribution >= 0.6 is 0 Å². The number of carbonyl (C=O) groups is 2. The second-order valence-corrected chi connectivity index (χ2v) is 2.66. The molecule has 5 heteroatoms. The van der Waals surface area contributed by atoms with E-state index in [2.05, 4.69) is 16.0 Å². The largest absolute Gasteiger partial charge is 0.355 e. The van der Waals surface area contributed by atoms with Gasteiger partial charge in [0.15, 0.2) is 0 Å². The van der Waals surface area contributed by atoms with Gasteiger partial charge in [-0.15, -0.1) is 0 Å². The van der Waals surface area contributed by atoms with E-state index in [1.54, 1.807) is 7.05 Å². The first kappa shape index (κ1) is 11.9. The summed E-state index contributed by atoms with van der Waals surface area (Å²) in [5.74, 6) is -0.319. The maximum atomic E-state index is 11.0. The number of hydrogen-bond acceptors (Lipinski definition) is 3. The van der Waals surface area contributed by atoms with Crippen LogP contribution in [0.25, 0.3) is 0 Å². The van der Waals surface area contributed by atoms with Crippen molar-refractivity contribution in [2.24, 2.45) is 0 Å². The van der Waals surface area contributed by atoms with Gasteiger partial charge in [0.25, 0.3) is 0 Å². The van der Waals surface area contributed by atoms with Gasteiger partial charge in [-0.1, -0.05) is 6.92 Å². The molecule has 0 aromatic rings. The topological polar surface area (TPSA) is 70.2 Å². The Balaban J connectivity index is 3.40. The highest BCUT2D eigenvalue weighted by atomic mass is 16.2. The zero-order chi connectivity index (χ0) is 10.1. The summed E-state index contributed by atoms with van der Waals surface area (Å²) in [6.45, 7) is 2.92. The standard InChI is InChI=1S/C8H17N3O2/c1-3-4-10-8(13)6-11-7(12)5-9-2/h9H,3-6H2,1-2H3,(H,10,13)(H,11,12). The Hall–Kier alpha value is -1.10. The van der Waals surface area contributed by atoms with Crippen molar-refractivity contribution in [2.75, 3.05) is 26.7 Å². The molecule has 0 aromatic carbocycles. The second kappa shape index (κ2) is 7.54. The fourth-order valence-corrected chi connectivity index (χ4v) is 0.729. The van der Waals surface area contributed by atoms with Gasteiger partial charge in [-0.05, 0) is 13.5 Å². The molecule has 0 spiro atoms. The van der Waals surface area contributed by atoms with Gasteiger partial charge < -0.3 is 16.0 Å². The van der Waals surface area contributed by atoms with Crippen LogP contribution in [0.1, 0.15) is 13.3 Å². The highest BCUT2D eigenvalue weighted by Crippen LogP contribution is 1.71. The van der Waals surface area contributed by atoms with Gasteiger partial charge in [0, 0.05) is 6.54 Å². The van der Waals surface area contributed by atoms with E-state index in [0.717, 1.165) is 6.42 Å². The van der Waals surface area contributed by atoms with E-state index >= 15 is 0 Å². The summed E-state index contributed by atoms with van der Waals surface area (Å²) < 4.78 is 0. The Morgan fingerprint density at radius 2 is 1.69 bits per heavy atom. The lowest BCUT2D eigenvalue weighted by Crippen LogP contribution is -2.40. The highest BCUT2D eigenvalue weighted by Gasteiger charge is 2.02. The average molecular weight is 187 g/mol. The molecule has 2 amide bonds. The molecule has 0 atom stereocenters. The fourth-order valence-electron chi connectivity index (χ4n) is 0.729. The van der Waals surface area contributed by atoms with Gasteiger partial charge in [-0.25, -0.2) is 0 Å². The minimum absolute atomic E-state index is 0.0561. The predicted octanol–water partition coefficient (Wildman–Crippen LogP) is -1.15. The third-order valence-electron chi connectivity index (χ3n) is 1.36. The van der Waals surface area contributed by atoms with Crippen molar-refractivity contribution in [1.82, 2.24) is 16.0 Å². The van der Waals surface area contributed by atoms with Crippen LogP contribution in [0.2, 0.25) is 0 Å². The van der Waals surface area contributed by atoms with Crippen LogP contribution in [0.3, 0.4) is 0 Å². The summed E-state index contributed by atoms with van der Waals surface area (Å²) >= 11 is 0. The third-order valence-corrected chi connectivity index (χ3v) is 1.36. The molecule has 0 heterocycles. The summed E-state index contributed by atoms with van der Waals surface area (Å²) in [4.78, 5) is 21.8. The van der Waals surface area contributed by atoms with Crippen molar-refractivity contribution < 1.29 is 9.59 Å². The van der Waals surface area contributed by atoms with Crippen molar-refractivity contribution in [3.63, 3.8) is 0 Å². The minimum Gasteiger partial charge on any atom is -0.355 e. The molecule has 13 heavy (non-hydrogen) atoms. The first-order chi connectivity index (χ1) is 6.20. The lowest BCUT2D eigenvalue weighted by Gasteiger charge is -2.05. The van der Waals surface area contributed by atoms with Crippen LogP contribution in [-0.2, 0) is 9.59 Å². The summed E-state index contributed by atoms with van der Waals surface area (Å²) in [5, 5.41) is 7.83. The van der Waals surface area contributed by atoms with Crippen LogP contribution in [0.4, 0.5) is 0 Å². The van der Waals surface area contributed by atoms with Gasteiger partial charge >= 0.3 is 0 Å². The Bertz CT molecular complexity index is 171. The van der Waals surface area contributed by atoms with E-state index in [1.807, 2.05) is 6.92 Å². The van der Waals surface area contributed by atoms with E-state index in [0.29, 0.717) is 6.54 Å². The van der Waals surface area contributed by atoms with Crippen molar-refractivity contribution in [3.05, 3.63) is 0 Å². The molecule has 0 aliphatic carbocycles. The molecule has 76 valence electrons. The monoisotopic (exact) mass is 187 g/mol. The smallest absolute Gasteiger partial charge is 0.239 e. The Kier molecular flexibility index (Phi) is 6.91. The summed E-state index contributed by atoms with van der Waals surface area (Å²) in [5.41, 5.74) is 0. The van der Waals surface area contributed by atoms with Crippen LogP contribution in [0, 0.1) is 0 Å². The minimum atomic E-state index is -0.172. The number of rotatable bonds is 6. The summed E-state index contributed by atoms with van der Waals surface area (Å²) in [6.07, 6.45) is 0.899. The predicted molar refractivity (Wildman–Crippen MR) is 50.2 cm³/mol. The maximum Gasteiger partial charge on any atom is 0.239 e. The Morgan fingerprint density at radius 3 is 2.23 bits per heavy atom. The van der Waals surface area contributed by atoms with Crippen LogP contribution in [0.5, 0.6) is 0 Å². The van der Waals surface area contributed by atoms with Crippen LogP contribution in [0.15, 0.2) is 0 Å². The summed E-state index contributed by atoms with van der Waals surface area (Å²) in [6, 6.07) is 0. The van der Waals surface area contributed by atoms with E-state index in [-0.39, 0.29) is 24.9 Å². The third kappa shape index (κ3) is 7.27. The zero-order valence-corrected chi connectivity index (χ0v) is 8.14. The molecule has 5 nitrogen and oxygen atoms in total. The van der Waals surface area contributed by atoms with E-state index in [1.165, 1.54) is 0 Å². The normalized spacial score (nSPS) is 9.38. The molecule has 0 unspecified atom stereocenters. The maximum absolute atomic E-state index is 11.0. The molecule has 0 saturated carbocycles. The van der Waals surface area contributed by atoms with Gasteiger partial charge in [0.2, 0.25) is 11.8 Å². The summed E-state index contributed by atoms with van der Waals surface area (Å²) in [7, 11) is 1.68. The lowest BCUT2D eigenvalue weighted by atomic mass is 10.4. The molecule has 3 N–H and O–H groups in total. The van der Waals surface area contributed by atoms with Crippen molar-refractivity contribution in [2.45, 2.75) is 13.3 Å². The molecule has 0 aliphatic rings. The molecule has 0 rings (SSSR count). The first-order valence-electron chi connectivity index (χ1n) is 4.38. The number of amides is 2. The van der Waals surface area contributed by atoms with Crippen molar-refractivity contribution in [3.8, 4) is 0 Å². The van der Waals surface area contributed by atoms with Crippen LogP contribution in [-0.4, -0.2) is 38.5 Å². The number of hydrogen-bond donors (Lipinski definition) is 3. The molecular weight excluding hydrogens is 170 g/mol. The van der Waals surface area contributed by atoms with E-state index < -0.39 is 0 Å². The quantitative estimate of drug-likeness (QED) is 0.491. The fraction of sp³-hybridized carbons (Fsp3) is 0.750. The average Bonchev–Trinajstić information content (AvgIpc) is 2.12. The number of carbonyl (C=O) groups excluding carboxylic acids is 2. The van der Waals surface area contributed by atoms with Crippen molar-refractivity contribution in [1.29, 1.82) is 0 Å². The second-order valence-electron chi connectivity index (χ2n) is 2.66. The molecule has 0 aliphatic heterocycles. The zero-order valence-electron chi connectivity index (χ0n) is 8.14. The van der Waals surface area contributed by atoms with E-state index in [4.69, 9.17) is 0 Å². The first-order valence-corrected chi connectivity index (χ1v) is 4.38. The molecule has 0 fully saturated rings. The Labute approximate surface area is 78.3 Å². The molecular formula is C8H17N3O2. The Morgan fingerprint density at radius 1 is 1.08 bits per heavy atom. The van der Waals surface area contributed by atoms with E-state index in [9.17, 15) is 9.59 Å². The molecule has 0 saturated heterocycles. The SMILES string of the molecule is CCCNC(=O)CNC(=O)CNC. The van der Waals surface area contributed by atoms with Crippen LogP contribution < -0.4 is 16.0 Å². The van der Waals surface area contributed by atoms with Gasteiger partial charge in [0.05, 0.1) is 13.1 Å².